The molecule has 8 heteroatoms. The van der Waals surface area contributed by atoms with Crippen molar-refractivity contribution in [1.82, 2.24) is 14.8 Å². The van der Waals surface area contributed by atoms with Gasteiger partial charge in [-0.15, -0.1) is 0 Å². The molecular weight excluding hydrogens is 312 g/mol. The van der Waals surface area contributed by atoms with Crippen molar-refractivity contribution < 1.29 is 19.5 Å². The first-order chi connectivity index (χ1) is 11.1. The number of Topliss-reactive ketones (excluding diaryl/α,β-unsaturated/α-hetero) is 1. The number of aliphatic carboxylic acids is 1. The molecule has 0 atom stereocenters. The van der Waals surface area contributed by atoms with Gasteiger partial charge in [0.1, 0.15) is 5.69 Å². The number of nitrogens with one attached hydrogen (secondary N) is 2. The Bertz CT molecular complexity index is 829. The van der Waals surface area contributed by atoms with Crippen molar-refractivity contribution in [3.63, 3.8) is 0 Å². The van der Waals surface area contributed by atoms with E-state index in [1.165, 1.54) is 37.8 Å². The molecule has 0 spiro atoms. The van der Waals surface area contributed by atoms with Crippen LogP contribution in [0.15, 0.2) is 12.4 Å². The zero-order chi connectivity index (χ0) is 18.2. The number of anilines is 1. The van der Waals surface area contributed by atoms with E-state index in [4.69, 9.17) is 0 Å². The summed E-state index contributed by atoms with van der Waals surface area (Å²) in [5.41, 5.74) is 1.14. The van der Waals surface area contributed by atoms with Crippen molar-refractivity contribution in [3.05, 3.63) is 34.9 Å². The molecule has 24 heavy (non-hydrogen) atoms. The quantitative estimate of drug-likeness (QED) is 0.725. The number of ketones is 1. The van der Waals surface area contributed by atoms with Crippen LogP contribution >= 0.6 is 0 Å². The highest BCUT2D eigenvalue weighted by molar-refractivity contribution is 6.07. The smallest absolute Gasteiger partial charge is 0.331 e. The van der Waals surface area contributed by atoms with Gasteiger partial charge < -0.3 is 15.4 Å². The molecule has 0 aliphatic rings. The van der Waals surface area contributed by atoms with Crippen molar-refractivity contribution in [2.75, 3.05) is 5.32 Å². The van der Waals surface area contributed by atoms with Crippen molar-refractivity contribution >= 4 is 23.3 Å². The van der Waals surface area contributed by atoms with Crippen molar-refractivity contribution in [3.8, 4) is 0 Å². The minimum atomic E-state index is -1.23. The number of nitrogens with zero attached hydrogens (tertiary/aromatic N) is 2. The average Bonchev–Trinajstić information content (AvgIpc) is 3.03. The lowest BCUT2D eigenvalue weighted by Gasteiger charge is -2.19. The molecule has 0 aliphatic carbocycles. The summed E-state index contributed by atoms with van der Waals surface area (Å²) in [6.07, 6.45) is 2.82. The van der Waals surface area contributed by atoms with Gasteiger partial charge >= 0.3 is 5.97 Å². The fraction of sp³-hybridized carbons (Fsp3) is 0.375. The number of rotatable bonds is 5. The maximum absolute atomic E-state index is 12.4. The summed E-state index contributed by atoms with van der Waals surface area (Å²) in [5, 5.41) is 15.8. The molecule has 2 aromatic heterocycles. The van der Waals surface area contributed by atoms with Crippen LogP contribution in [-0.4, -0.2) is 37.5 Å². The van der Waals surface area contributed by atoms with Gasteiger partial charge in [0.15, 0.2) is 11.3 Å². The summed E-state index contributed by atoms with van der Waals surface area (Å²) in [7, 11) is 0. The van der Waals surface area contributed by atoms with E-state index in [0.29, 0.717) is 28.2 Å². The highest BCUT2D eigenvalue weighted by Gasteiger charge is 2.30. The van der Waals surface area contributed by atoms with Crippen LogP contribution < -0.4 is 5.32 Å². The van der Waals surface area contributed by atoms with Crippen LogP contribution in [0.1, 0.15) is 52.9 Å². The normalized spacial score (nSPS) is 11.4. The Morgan fingerprint density at radius 1 is 1.29 bits per heavy atom. The molecule has 0 fully saturated rings. The molecule has 0 saturated heterocycles. The van der Waals surface area contributed by atoms with E-state index in [-0.39, 0.29) is 5.78 Å². The van der Waals surface area contributed by atoms with Gasteiger partial charge in [0.2, 0.25) is 0 Å². The van der Waals surface area contributed by atoms with Gasteiger partial charge in [0.25, 0.3) is 5.91 Å². The maximum atomic E-state index is 12.4. The largest absolute Gasteiger partial charge is 0.479 e. The number of aryl methyl sites for hydroxylation is 1. The number of amides is 1. The average molecular weight is 332 g/mol. The molecule has 8 nitrogen and oxygen atoms in total. The first-order valence-electron chi connectivity index (χ1n) is 7.35. The van der Waals surface area contributed by atoms with Crippen LogP contribution in [0.2, 0.25) is 0 Å². The number of aromatic nitrogens is 3. The highest BCUT2D eigenvalue weighted by Crippen LogP contribution is 2.21. The zero-order valence-electron chi connectivity index (χ0n) is 14.2. The second-order valence-electron chi connectivity index (χ2n) is 6.17. The van der Waals surface area contributed by atoms with Gasteiger partial charge in [-0.2, -0.15) is 5.10 Å². The summed E-state index contributed by atoms with van der Waals surface area (Å²) in [5.74, 6) is -1.57. The molecule has 2 rings (SSSR count). The lowest BCUT2D eigenvalue weighted by Crippen LogP contribution is -2.35. The number of carboxylic acids is 1. The SMILES string of the molecule is CC(=O)c1c(C)[nH]c(C(=O)Nc2cnn(C(C)(C)C(=O)O)c2)c1C. The zero-order valence-corrected chi connectivity index (χ0v) is 14.2. The Morgan fingerprint density at radius 3 is 2.42 bits per heavy atom. The van der Waals surface area contributed by atoms with E-state index in [1.54, 1.807) is 13.8 Å². The minimum Gasteiger partial charge on any atom is -0.479 e. The van der Waals surface area contributed by atoms with Crippen LogP contribution in [-0.2, 0) is 10.3 Å². The topological polar surface area (TPSA) is 117 Å². The molecule has 1 amide bonds. The van der Waals surface area contributed by atoms with Gasteiger partial charge in [0, 0.05) is 17.5 Å². The summed E-state index contributed by atoms with van der Waals surface area (Å²) >= 11 is 0. The van der Waals surface area contributed by atoms with Crippen molar-refractivity contribution in [2.45, 2.75) is 40.2 Å². The van der Waals surface area contributed by atoms with E-state index in [0.717, 1.165) is 0 Å². The molecule has 0 saturated carbocycles. The van der Waals surface area contributed by atoms with E-state index < -0.39 is 17.4 Å². The Balaban J connectivity index is 2.26. The second-order valence-corrected chi connectivity index (χ2v) is 6.17. The summed E-state index contributed by atoms with van der Waals surface area (Å²) < 4.78 is 1.26. The third kappa shape index (κ3) is 2.94. The first-order valence-corrected chi connectivity index (χ1v) is 7.35. The van der Waals surface area contributed by atoms with E-state index in [2.05, 4.69) is 15.4 Å². The molecular formula is C16H20N4O4. The van der Waals surface area contributed by atoms with E-state index in [1.807, 2.05) is 0 Å². The summed E-state index contributed by atoms with van der Waals surface area (Å²) in [4.78, 5) is 38.2. The predicted molar refractivity (Wildman–Crippen MR) is 87.4 cm³/mol. The first kappa shape index (κ1) is 17.5. The molecule has 2 heterocycles. The number of aromatic amines is 1. The third-order valence-electron chi connectivity index (χ3n) is 3.95. The third-order valence-corrected chi connectivity index (χ3v) is 3.95. The number of carbonyl (C=O) groups excluding carboxylic acids is 2. The summed E-state index contributed by atoms with van der Waals surface area (Å²) in [6.45, 7) is 7.89. The molecule has 0 bridgehead atoms. The van der Waals surface area contributed by atoms with Crippen LogP contribution in [0.3, 0.4) is 0 Å². The van der Waals surface area contributed by atoms with Gasteiger partial charge in [-0.05, 0) is 40.2 Å². The fourth-order valence-corrected chi connectivity index (χ4v) is 2.49. The Kier molecular flexibility index (Phi) is 4.33. The molecule has 3 N–H and O–H groups in total. The Hall–Kier alpha value is -2.90. The van der Waals surface area contributed by atoms with Gasteiger partial charge in [-0.25, -0.2) is 4.79 Å². The van der Waals surface area contributed by atoms with Crippen LogP contribution in [0.25, 0.3) is 0 Å². The molecule has 0 aliphatic heterocycles. The van der Waals surface area contributed by atoms with Crippen LogP contribution in [0.4, 0.5) is 5.69 Å². The fourth-order valence-electron chi connectivity index (χ4n) is 2.49. The standard InChI is InChI=1S/C16H20N4O4/c1-8-12(10(3)21)9(2)18-13(8)14(22)19-11-6-17-20(7-11)16(4,5)15(23)24/h6-7,18H,1-5H3,(H,19,22)(H,23,24). The van der Waals surface area contributed by atoms with E-state index >= 15 is 0 Å². The summed E-state index contributed by atoms with van der Waals surface area (Å²) in [6, 6.07) is 0. The van der Waals surface area contributed by atoms with Crippen molar-refractivity contribution in [2.24, 2.45) is 0 Å². The van der Waals surface area contributed by atoms with E-state index in [9.17, 15) is 19.5 Å². The number of hydrogen-bond acceptors (Lipinski definition) is 4. The number of carbonyl (C=O) groups is 3. The number of carboxylic acid groups (broad SMARTS) is 1. The molecule has 0 unspecified atom stereocenters. The van der Waals surface area contributed by atoms with Crippen molar-refractivity contribution in [1.29, 1.82) is 0 Å². The molecule has 0 radical (unpaired) electrons. The Morgan fingerprint density at radius 2 is 1.92 bits per heavy atom. The lowest BCUT2D eigenvalue weighted by atomic mass is 10.1. The Labute approximate surface area is 138 Å². The van der Waals surface area contributed by atoms with Crippen LogP contribution in [0.5, 0.6) is 0 Å². The molecule has 128 valence electrons. The predicted octanol–water partition coefficient (Wildman–Crippen LogP) is 2.10. The maximum Gasteiger partial charge on any atom is 0.331 e. The van der Waals surface area contributed by atoms with Crippen LogP contribution in [0, 0.1) is 13.8 Å². The lowest BCUT2D eigenvalue weighted by molar-refractivity contribution is -0.146. The molecule has 2 aromatic rings. The highest BCUT2D eigenvalue weighted by atomic mass is 16.4. The van der Waals surface area contributed by atoms with Gasteiger partial charge in [-0.1, -0.05) is 0 Å². The van der Waals surface area contributed by atoms with Gasteiger partial charge in [-0.3, -0.25) is 14.3 Å². The monoisotopic (exact) mass is 332 g/mol. The molecule has 0 aromatic carbocycles. The minimum absolute atomic E-state index is 0.115. The number of hydrogen-bond donors (Lipinski definition) is 3. The van der Waals surface area contributed by atoms with Gasteiger partial charge in [0.05, 0.1) is 11.9 Å². The number of H-pyrrole nitrogens is 1. The second kappa shape index (κ2) is 5.95.